The van der Waals surface area contributed by atoms with Gasteiger partial charge in [-0.25, -0.2) is 0 Å². The molecule has 0 spiro atoms. The van der Waals surface area contributed by atoms with Gasteiger partial charge in [0, 0.05) is 0 Å². The first-order valence-electron chi connectivity index (χ1n) is 34.5. The molecule has 0 aliphatic carbocycles. The highest BCUT2D eigenvalue weighted by molar-refractivity contribution is 5.80. The van der Waals surface area contributed by atoms with Crippen molar-refractivity contribution in [3.05, 3.63) is 48.6 Å². The van der Waals surface area contributed by atoms with Gasteiger partial charge in [0.15, 0.2) is 6.29 Å². The van der Waals surface area contributed by atoms with Crippen molar-refractivity contribution in [2.24, 2.45) is 0 Å². The number of hydrogen-bond donors (Lipinski definition) is 8. The molecule has 1 saturated heterocycles. The molecule has 9 atom stereocenters. The minimum Gasteiger partial charge on any atom is -0.394 e. The molecule has 81 heavy (non-hydrogen) atoms. The summed E-state index contributed by atoms with van der Waals surface area (Å²) in [5.74, 6) is -0.710. The summed E-state index contributed by atoms with van der Waals surface area (Å²) in [5, 5.41) is 76.2. The van der Waals surface area contributed by atoms with Crippen LogP contribution in [-0.2, 0) is 14.3 Å². The molecule has 1 aliphatic heterocycles. The van der Waals surface area contributed by atoms with Gasteiger partial charge >= 0.3 is 0 Å². The Hall–Kier alpha value is -1.93. The first-order valence-corrected chi connectivity index (χ1v) is 34.5. The number of nitrogens with one attached hydrogen (secondary N) is 1. The molecule has 0 saturated carbocycles. The van der Waals surface area contributed by atoms with Crippen molar-refractivity contribution in [1.29, 1.82) is 0 Å². The SMILES string of the molecule is CCCCC/C=C/CC/C=C/CC/C=C/CCCC(O)C(O)C(COC1OC(CO)C(O)C(O)C1O)NC(=O)C(O)CCCCCCCCCCCCCCCCCC/C=C\CCCCCCCCCCCCCCCCCCCC. The first kappa shape index (κ1) is 77.1. The summed E-state index contributed by atoms with van der Waals surface area (Å²) in [5.41, 5.74) is 0. The second kappa shape index (κ2) is 58.5. The molecule has 11 heteroatoms. The smallest absolute Gasteiger partial charge is 0.249 e. The highest BCUT2D eigenvalue weighted by Crippen LogP contribution is 2.24. The zero-order valence-corrected chi connectivity index (χ0v) is 52.5. The van der Waals surface area contributed by atoms with E-state index < -0.39 is 74.2 Å². The van der Waals surface area contributed by atoms with Crippen LogP contribution < -0.4 is 5.32 Å². The van der Waals surface area contributed by atoms with Gasteiger partial charge in [-0.3, -0.25) is 4.79 Å². The Labute approximate surface area is 498 Å². The lowest BCUT2D eigenvalue weighted by Gasteiger charge is -2.40. The van der Waals surface area contributed by atoms with Crippen molar-refractivity contribution in [2.75, 3.05) is 13.2 Å². The van der Waals surface area contributed by atoms with E-state index in [1.54, 1.807) is 0 Å². The molecule has 0 aromatic rings. The molecule has 0 bridgehead atoms. The van der Waals surface area contributed by atoms with Gasteiger partial charge in [0.25, 0.3) is 0 Å². The number of aliphatic hydroxyl groups is 7. The number of allylic oxidation sites excluding steroid dienone is 8. The van der Waals surface area contributed by atoms with Crippen LogP contribution in [0, 0.1) is 0 Å². The summed E-state index contributed by atoms with van der Waals surface area (Å²) in [4.78, 5) is 13.2. The molecule has 0 aromatic carbocycles. The van der Waals surface area contributed by atoms with E-state index in [-0.39, 0.29) is 12.8 Å². The van der Waals surface area contributed by atoms with Crippen LogP contribution >= 0.6 is 0 Å². The standard InChI is InChI=1S/C70H131NO10/c1-3-5-7-9-11-13-15-17-19-21-22-23-24-25-26-27-28-29-30-31-32-33-34-35-36-37-38-39-40-41-42-44-46-48-50-52-54-56-58-63(74)69(79)71-61(60-80-70-68(78)67(77)66(76)64(59-72)81-70)65(75)62(73)57-55-53-51-49-47-45-43-20-18-16-14-12-10-8-6-4-2/h12,14,20,31-32,43,49,51,61-68,70,72-78H,3-11,13,15-19,21-30,33-42,44-48,50,52-60H2,1-2H3,(H,71,79)/b14-12+,32-31-,43-20+,51-49+. The summed E-state index contributed by atoms with van der Waals surface area (Å²) in [6.45, 7) is 3.43. The van der Waals surface area contributed by atoms with E-state index in [4.69, 9.17) is 9.47 Å². The molecule has 1 heterocycles. The fourth-order valence-corrected chi connectivity index (χ4v) is 11.0. The maximum Gasteiger partial charge on any atom is 0.249 e. The van der Waals surface area contributed by atoms with Crippen molar-refractivity contribution in [1.82, 2.24) is 5.32 Å². The highest BCUT2D eigenvalue weighted by Gasteiger charge is 2.44. The number of unbranched alkanes of at least 4 members (excludes halogenated alkanes) is 40. The largest absolute Gasteiger partial charge is 0.394 e. The minimum atomic E-state index is -1.67. The van der Waals surface area contributed by atoms with E-state index in [2.05, 4.69) is 67.8 Å². The van der Waals surface area contributed by atoms with E-state index in [0.29, 0.717) is 19.3 Å². The van der Waals surface area contributed by atoms with Crippen LogP contribution in [0.1, 0.15) is 322 Å². The Morgan fingerprint density at radius 3 is 1.12 bits per heavy atom. The Bertz CT molecular complexity index is 1460. The Morgan fingerprint density at radius 2 is 0.741 bits per heavy atom. The lowest BCUT2D eigenvalue weighted by molar-refractivity contribution is -0.303. The Balaban J connectivity index is 2.13. The molecule has 9 unspecified atom stereocenters. The summed E-state index contributed by atoms with van der Waals surface area (Å²) in [6, 6.07) is -1.20. The van der Waals surface area contributed by atoms with Crippen LogP contribution in [-0.4, -0.2) is 110 Å². The molecule has 1 rings (SSSR count). The minimum absolute atomic E-state index is 0.241. The van der Waals surface area contributed by atoms with Crippen LogP contribution in [0.2, 0.25) is 0 Å². The molecule has 1 fully saturated rings. The van der Waals surface area contributed by atoms with Crippen molar-refractivity contribution >= 4 is 5.91 Å². The monoisotopic (exact) mass is 1150 g/mol. The molecule has 0 radical (unpaired) electrons. The molecule has 0 aromatic heterocycles. The van der Waals surface area contributed by atoms with Crippen LogP contribution in [0.25, 0.3) is 0 Å². The molecular weight excluding hydrogens is 1010 g/mol. The average molecular weight is 1150 g/mol. The van der Waals surface area contributed by atoms with E-state index >= 15 is 0 Å². The summed E-state index contributed by atoms with van der Waals surface area (Å²) in [7, 11) is 0. The van der Waals surface area contributed by atoms with Crippen molar-refractivity contribution in [2.45, 2.75) is 377 Å². The predicted octanol–water partition coefficient (Wildman–Crippen LogP) is 16.4. The van der Waals surface area contributed by atoms with Crippen molar-refractivity contribution in [3.8, 4) is 0 Å². The van der Waals surface area contributed by atoms with Gasteiger partial charge in [-0.2, -0.15) is 0 Å². The van der Waals surface area contributed by atoms with Crippen molar-refractivity contribution < 1.29 is 50.0 Å². The van der Waals surface area contributed by atoms with Crippen LogP contribution in [0.15, 0.2) is 48.6 Å². The number of aliphatic hydroxyl groups excluding tert-OH is 7. The summed E-state index contributed by atoms with van der Waals surface area (Å²) >= 11 is 0. The van der Waals surface area contributed by atoms with Gasteiger partial charge in [0.1, 0.15) is 36.6 Å². The molecule has 1 amide bonds. The third-order valence-electron chi connectivity index (χ3n) is 16.6. The summed E-state index contributed by atoms with van der Waals surface area (Å²) in [6.07, 6.45) is 65.1. The van der Waals surface area contributed by atoms with E-state index in [9.17, 15) is 40.5 Å². The molecule has 8 N–H and O–H groups in total. The summed E-state index contributed by atoms with van der Waals surface area (Å²) < 4.78 is 11.1. The van der Waals surface area contributed by atoms with Crippen LogP contribution in [0.5, 0.6) is 0 Å². The number of hydrogen-bond acceptors (Lipinski definition) is 10. The van der Waals surface area contributed by atoms with E-state index in [0.717, 1.165) is 44.9 Å². The van der Waals surface area contributed by atoms with Gasteiger partial charge < -0.3 is 50.5 Å². The maximum absolute atomic E-state index is 13.2. The highest BCUT2D eigenvalue weighted by atomic mass is 16.7. The fraction of sp³-hybridized carbons (Fsp3) is 0.871. The second-order valence-electron chi connectivity index (χ2n) is 24.2. The molecular formula is C70H131NO10. The molecule has 1 aliphatic rings. The zero-order chi connectivity index (χ0) is 58.9. The van der Waals surface area contributed by atoms with Crippen LogP contribution in [0.4, 0.5) is 0 Å². The van der Waals surface area contributed by atoms with Gasteiger partial charge in [-0.05, 0) is 89.9 Å². The Morgan fingerprint density at radius 1 is 0.420 bits per heavy atom. The van der Waals surface area contributed by atoms with E-state index in [1.165, 1.54) is 231 Å². The van der Waals surface area contributed by atoms with Gasteiger partial charge in [-0.15, -0.1) is 0 Å². The van der Waals surface area contributed by atoms with E-state index in [1.807, 2.05) is 0 Å². The van der Waals surface area contributed by atoms with Crippen molar-refractivity contribution in [3.63, 3.8) is 0 Å². The number of carbonyl (C=O) groups excluding carboxylic acids is 1. The lowest BCUT2D eigenvalue weighted by Crippen LogP contribution is -2.60. The van der Waals surface area contributed by atoms with Gasteiger partial charge in [-0.1, -0.05) is 281 Å². The topological polar surface area (TPSA) is 189 Å². The number of ether oxygens (including phenoxy) is 2. The Kier molecular flexibility index (Phi) is 55.6. The maximum atomic E-state index is 13.2. The fourth-order valence-electron chi connectivity index (χ4n) is 11.0. The van der Waals surface area contributed by atoms with Gasteiger partial charge in [0.2, 0.25) is 5.91 Å². The number of carbonyl (C=O) groups is 1. The lowest BCUT2D eigenvalue weighted by atomic mass is 9.98. The second-order valence-corrected chi connectivity index (χ2v) is 24.2. The van der Waals surface area contributed by atoms with Gasteiger partial charge in [0.05, 0.1) is 25.4 Å². The third kappa shape index (κ3) is 46.0. The van der Waals surface area contributed by atoms with Crippen LogP contribution in [0.3, 0.4) is 0 Å². The molecule has 476 valence electrons. The molecule has 11 nitrogen and oxygen atoms in total. The third-order valence-corrected chi connectivity index (χ3v) is 16.6. The average Bonchev–Trinajstić information content (AvgIpc) is 3.49. The normalized spacial score (nSPS) is 19.4. The zero-order valence-electron chi connectivity index (χ0n) is 52.5. The quantitative estimate of drug-likeness (QED) is 0.0215. The predicted molar refractivity (Wildman–Crippen MR) is 339 cm³/mol. The first-order chi connectivity index (χ1) is 39.7. The number of rotatable bonds is 60. The number of amides is 1.